The normalized spacial score (nSPS) is 28.8. The van der Waals surface area contributed by atoms with Crippen molar-refractivity contribution in [2.75, 3.05) is 13.1 Å². The Kier molecular flexibility index (Phi) is 4.77. The van der Waals surface area contributed by atoms with Gasteiger partial charge in [-0.2, -0.15) is 0 Å². The van der Waals surface area contributed by atoms with Crippen LogP contribution in [-0.2, 0) is 0 Å². The Bertz CT molecular complexity index is 282. The van der Waals surface area contributed by atoms with Crippen LogP contribution in [0.5, 0.6) is 0 Å². The van der Waals surface area contributed by atoms with E-state index in [1.54, 1.807) is 6.08 Å². The van der Waals surface area contributed by atoms with Gasteiger partial charge in [0.1, 0.15) is 0 Å². The van der Waals surface area contributed by atoms with Crippen LogP contribution >= 0.6 is 0 Å². The Labute approximate surface area is 98.9 Å². The number of nitrogens with two attached hydrogens (primary N) is 1. The van der Waals surface area contributed by atoms with E-state index in [1.165, 1.54) is 5.70 Å². The van der Waals surface area contributed by atoms with E-state index in [1.807, 2.05) is 11.1 Å². The van der Waals surface area contributed by atoms with Crippen molar-refractivity contribution in [3.63, 3.8) is 0 Å². The highest BCUT2D eigenvalue weighted by Gasteiger charge is 2.27. The fourth-order valence-corrected chi connectivity index (χ4v) is 2.10. The lowest BCUT2D eigenvalue weighted by Crippen LogP contribution is -2.58. The van der Waals surface area contributed by atoms with Crippen LogP contribution in [0.3, 0.4) is 0 Å². The third-order valence-corrected chi connectivity index (χ3v) is 3.05. The molecule has 0 aliphatic carbocycles. The number of rotatable bonds is 3. The van der Waals surface area contributed by atoms with Crippen molar-refractivity contribution in [1.82, 2.24) is 9.91 Å². The topological polar surface area (TPSA) is 32.5 Å². The van der Waals surface area contributed by atoms with E-state index in [2.05, 4.69) is 44.4 Å². The zero-order chi connectivity index (χ0) is 12.1. The Morgan fingerprint density at radius 3 is 2.31 bits per heavy atom. The van der Waals surface area contributed by atoms with Crippen LogP contribution in [0.1, 0.15) is 20.8 Å². The molecule has 0 aromatic rings. The molecule has 2 N–H and O–H groups in total. The molecule has 1 rings (SSSR count). The van der Waals surface area contributed by atoms with Crippen molar-refractivity contribution in [3.8, 4) is 0 Å². The molecule has 1 fully saturated rings. The predicted octanol–water partition coefficient (Wildman–Crippen LogP) is 1.90. The summed E-state index contributed by atoms with van der Waals surface area (Å²) in [5.74, 6) is 5.98. The van der Waals surface area contributed by atoms with E-state index < -0.39 is 0 Å². The van der Waals surface area contributed by atoms with Crippen molar-refractivity contribution < 1.29 is 0 Å². The molecule has 2 atom stereocenters. The molecule has 90 valence electrons. The van der Waals surface area contributed by atoms with E-state index in [-0.39, 0.29) is 0 Å². The van der Waals surface area contributed by atoms with Gasteiger partial charge in [0.25, 0.3) is 0 Å². The highest BCUT2D eigenvalue weighted by molar-refractivity contribution is 5.21. The first-order valence-corrected chi connectivity index (χ1v) is 5.83. The van der Waals surface area contributed by atoms with E-state index in [0.29, 0.717) is 12.1 Å². The monoisotopic (exact) mass is 221 g/mol. The number of hydrogen-bond acceptors (Lipinski definition) is 3. The van der Waals surface area contributed by atoms with Gasteiger partial charge >= 0.3 is 0 Å². The number of hydrogen-bond donors (Lipinski definition) is 1. The van der Waals surface area contributed by atoms with E-state index in [9.17, 15) is 0 Å². The first-order valence-electron chi connectivity index (χ1n) is 5.83. The highest BCUT2D eigenvalue weighted by Crippen LogP contribution is 2.17. The summed E-state index contributed by atoms with van der Waals surface area (Å²) in [6.07, 6.45) is 8.00. The fraction of sp³-hybridized carbons (Fsp3) is 0.538. The molecule has 0 amide bonds. The maximum Gasteiger partial charge on any atom is 0.0392 e. The Hall–Kier alpha value is -1.06. The quantitative estimate of drug-likeness (QED) is 0.583. The highest BCUT2D eigenvalue weighted by atomic mass is 15.5. The summed E-state index contributed by atoms with van der Waals surface area (Å²) in [6.45, 7) is 12.0. The second-order valence-electron chi connectivity index (χ2n) is 4.36. The number of nitrogens with zero attached hydrogens (tertiary/aromatic N) is 2. The molecule has 3 heteroatoms. The molecule has 3 nitrogen and oxygen atoms in total. The van der Waals surface area contributed by atoms with Gasteiger partial charge in [0.05, 0.1) is 0 Å². The van der Waals surface area contributed by atoms with Gasteiger partial charge in [-0.1, -0.05) is 24.8 Å². The van der Waals surface area contributed by atoms with Crippen molar-refractivity contribution in [1.29, 1.82) is 0 Å². The first kappa shape index (κ1) is 13.0. The molecule has 0 saturated carbocycles. The lowest BCUT2D eigenvalue weighted by atomic mass is 10.1. The SMILES string of the molecule is C=C/C=C\C(=C/C)N1CC(C)N(N)C(C)C1. The summed E-state index contributed by atoms with van der Waals surface area (Å²) in [7, 11) is 0. The maximum absolute atomic E-state index is 5.98. The molecule has 1 heterocycles. The van der Waals surface area contributed by atoms with E-state index in [0.717, 1.165) is 13.1 Å². The van der Waals surface area contributed by atoms with Crippen LogP contribution in [0.15, 0.2) is 36.6 Å². The van der Waals surface area contributed by atoms with Crippen molar-refractivity contribution in [2.24, 2.45) is 5.84 Å². The Balaban J connectivity index is 2.73. The summed E-state index contributed by atoms with van der Waals surface area (Å²) in [5, 5.41) is 1.95. The lowest BCUT2D eigenvalue weighted by Gasteiger charge is -2.43. The molecule has 0 radical (unpaired) electrons. The minimum Gasteiger partial charge on any atom is -0.369 e. The van der Waals surface area contributed by atoms with E-state index >= 15 is 0 Å². The maximum atomic E-state index is 5.98. The van der Waals surface area contributed by atoms with E-state index in [4.69, 9.17) is 5.84 Å². The molecule has 16 heavy (non-hydrogen) atoms. The van der Waals surface area contributed by atoms with Gasteiger partial charge in [0.2, 0.25) is 0 Å². The predicted molar refractivity (Wildman–Crippen MR) is 69.6 cm³/mol. The van der Waals surface area contributed by atoms with Crippen LogP contribution in [0.4, 0.5) is 0 Å². The minimum absolute atomic E-state index is 0.385. The summed E-state index contributed by atoms with van der Waals surface area (Å²) in [4.78, 5) is 2.37. The molecule has 0 bridgehead atoms. The van der Waals surface area contributed by atoms with Crippen LogP contribution in [-0.4, -0.2) is 35.1 Å². The third-order valence-electron chi connectivity index (χ3n) is 3.05. The molecule has 0 spiro atoms. The van der Waals surface area contributed by atoms with Crippen molar-refractivity contribution >= 4 is 0 Å². The first-order chi connectivity index (χ1) is 7.60. The molecule has 2 unspecified atom stereocenters. The zero-order valence-corrected chi connectivity index (χ0v) is 10.6. The second kappa shape index (κ2) is 5.87. The summed E-state index contributed by atoms with van der Waals surface area (Å²) in [5.41, 5.74) is 1.24. The van der Waals surface area contributed by atoms with Gasteiger partial charge in [-0.3, -0.25) is 5.84 Å². The number of piperazine rings is 1. The average molecular weight is 221 g/mol. The second-order valence-corrected chi connectivity index (χ2v) is 4.36. The molecule has 1 aliphatic rings. The Morgan fingerprint density at radius 1 is 1.31 bits per heavy atom. The van der Waals surface area contributed by atoms with Crippen molar-refractivity contribution in [2.45, 2.75) is 32.9 Å². The molecule has 1 aliphatic heterocycles. The minimum atomic E-state index is 0.385. The van der Waals surface area contributed by atoms with Gasteiger partial charge in [-0.05, 0) is 26.8 Å². The van der Waals surface area contributed by atoms with Crippen LogP contribution < -0.4 is 5.84 Å². The number of hydrazine groups is 1. The summed E-state index contributed by atoms with van der Waals surface area (Å²) >= 11 is 0. The molecule has 0 aromatic carbocycles. The van der Waals surface area contributed by atoms with Gasteiger partial charge in [-0.25, -0.2) is 5.01 Å². The Morgan fingerprint density at radius 2 is 1.88 bits per heavy atom. The third kappa shape index (κ3) is 2.97. The van der Waals surface area contributed by atoms with Crippen molar-refractivity contribution in [3.05, 3.63) is 36.6 Å². The van der Waals surface area contributed by atoms with Crippen LogP contribution in [0.2, 0.25) is 0 Å². The molecule has 0 aromatic heterocycles. The van der Waals surface area contributed by atoms with Gasteiger partial charge in [-0.15, -0.1) is 0 Å². The zero-order valence-electron chi connectivity index (χ0n) is 10.6. The lowest BCUT2D eigenvalue weighted by molar-refractivity contribution is 0.0579. The van der Waals surface area contributed by atoms with Gasteiger partial charge in [0, 0.05) is 30.9 Å². The molecule has 1 saturated heterocycles. The standard InChI is InChI=1S/C13H23N3/c1-5-7-8-13(6-2)15-9-11(3)16(14)12(4)10-15/h5-8,11-12H,1,9-10,14H2,2-4H3/b8-7-,13-6+. The summed E-state index contributed by atoms with van der Waals surface area (Å²) < 4.78 is 0. The van der Waals surface area contributed by atoms with Gasteiger partial charge < -0.3 is 4.90 Å². The van der Waals surface area contributed by atoms with Gasteiger partial charge in [0.15, 0.2) is 0 Å². The number of allylic oxidation sites excluding steroid dienone is 4. The van der Waals surface area contributed by atoms with Crippen LogP contribution in [0, 0.1) is 0 Å². The smallest absolute Gasteiger partial charge is 0.0392 e. The molecular formula is C13H23N3. The fourth-order valence-electron chi connectivity index (χ4n) is 2.10. The average Bonchev–Trinajstić information content (AvgIpc) is 2.26. The largest absolute Gasteiger partial charge is 0.369 e. The van der Waals surface area contributed by atoms with Crippen LogP contribution in [0.25, 0.3) is 0 Å². The molecular weight excluding hydrogens is 198 g/mol. The summed E-state index contributed by atoms with van der Waals surface area (Å²) in [6, 6.07) is 0.770.